The fraction of sp³-hybridized carbons (Fsp3) is 0.133. The molecule has 2 aromatic rings. The molecule has 0 fully saturated rings. The molecule has 2 rings (SSSR count). The maximum absolute atomic E-state index is 11.9. The molecule has 23 heavy (non-hydrogen) atoms. The lowest BCUT2D eigenvalue weighted by molar-refractivity contribution is -0.119. The van der Waals surface area contributed by atoms with Crippen molar-refractivity contribution in [2.24, 2.45) is 10.8 Å². The van der Waals surface area contributed by atoms with Crippen molar-refractivity contribution in [1.29, 1.82) is 0 Å². The summed E-state index contributed by atoms with van der Waals surface area (Å²) in [6, 6.07) is 10.1. The molecule has 0 unspecified atom stereocenters. The Morgan fingerprint density at radius 1 is 1.30 bits per heavy atom. The zero-order chi connectivity index (χ0) is 16.8. The van der Waals surface area contributed by atoms with Gasteiger partial charge in [-0.05, 0) is 47.1 Å². The lowest BCUT2D eigenvalue weighted by Gasteiger charge is -2.09. The van der Waals surface area contributed by atoms with Gasteiger partial charge in [0.15, 0.2) is 17.0 Å². The Hall–Kier alpha value is -2.61. The van der Waals surface area contributed by atoms with Gasteiger partial charge in [-0.2, -0.15) is 5.10 Å². The molecule has 0 saturated carbocycles. The first-order valence-corrected chi connectivity index (χ1v) is 7.37. The van der Waals surface area contributed by atoms with Crippen LogP contribution in [0.3, 0.4) is 0 Å². The number of carbonyl (C=O) groups is 2. The maximum Gasteiger partial charge on any atom is 0.307 e. The summed E-state index contributed by atoms with van der Waals surface area (Å²) in [5, 5.41) is 4.01. The molecule has 1 aromatic carbocycles. The van der Waals surface area contributed by atoms with Crippen LogP contribution in [0.2, 0.25) is 0 Å². The molecule has 0 aliphatic carbocycles. The number of halogens is 1. The number of amides is 2. The lowest BCUT2D eigenvalue weighted by Crippen LogP contribution is -2.21. The van der Waals surface area contributed by atoms with Gasteiger partial charge in [-0.25, -0.2) is 5.43 Å². The number of benzene rings is 1. The number of para-hydroxylation sites is 1. The SMILES string of the molecule is C/C(=N/NC(=O)c1ccc(Br)o1)c1ccccc1OCC(N)=O. The molecule has 0 aliphatic rings. The number of nitrogens with two attached hydrogens (primary N) is 1. The highest BCUT2D eigenvalue weighted by Gasteiger charge is 2.11. The van der Waals surface area contributed by atoms with E-state index in [0.29, 0.717) is 21.7 Å². The normalized spacial score (nSPS) is 11.1. The molecule has 1 heterocycles. The number of furan rings is 1. The van der Waals surface area contributed by atoms with Crippen LogP contribution >= 0.6 is 15.9 Å². The van der Waals surface area contributed by atoms with E-state index in [9.17, 15) is 9.59 Å². The third-order valence-electron chi connectivity index (χ3n) is 2.77. The van der Waals surface area contributed by atoms with Crippen LogP contribution in [-0.2, 0) is 4.79 Å². The molecular formula is C15H14BrN3O4. The van der Waals surface area contributed by atoms with Crippen molar-refractivity contribution in [3.63, 3.8) is 0 Å². The Balaban J connectivity index is 2.11. The molecule has 0 saturated heterocycles. The van der Waals surface area contributed by atoms with Gasteiger partial charge in [0.25, 0.3) is 5.91 Å². The van der Waals surface area contributed by atoms with Crippen molar-refractivity contribution in [2.45, 2.75) is 6.92 Å². The number of hydrazone groups is 1. The summed E-state index contributed by atoms with van der Waals surface area (Å²) in [5.41, 5.74) is 8.59. The van der Waals surface area contributed by atoms with E-state index in [1.54, 1.807) is 37.3 Å². The Morgan fingerprint density at radius 2 is 2.04 bits per heavy atom. The number of nitrogens with zero attached hydrogens (tertiary/aromatic N) is 1. The highest BCUT2D eigenvalue weighted by Crippen LogP contribution is 2.19. The quantitative estimate of drug-likeness (QED) is 0.591. The van der Waals surface area contributed by atoms with Gasteiger partial charge in [-0.1, -0.05) is 12.1 Å². The number of hydrogen-bond acceptors (Lipinski definition) is 5. The standard InChI is InChI=1S/C15H14BrN3O4/c1-9(18-19-15(21)12-6-7-13(16)23-12)10-4-2-3-5-11(10)22-8-14(17)20/h2-7H,8H2,1H3,(H2,17,20)(H,19,21)/b18-9-. The summed E-state index contributed by atoms with van der Waals surface area (Å²) in [6.45, 7) is 1.46. The van der Waals surface area contributed by atoms with Crippen LogP contribution in [0.25, 0.3) is 0 Å². The molecule has 0 aliphatic heterocycles. The van der Waals surface area contributed by atoms with Gasteiger partial charge in [-0.3, -0.25) is 9.59 Å². The molecule has 7 nitrogen and oxygen atoms in total. The summed E-state index contributed by atoms with van der Waals surface area (Å²) < 4.78 is 10.9. The molecule has 0 bridgehead atoms. The third kappa shape index (κ3) is 4.68. The minimum absolute atomic E-state index is 0.131. The molecule has 1 aromatic heterocycles. The van der Waals surface area contributed by atoms with Gasteiger partial charge < -0.3 is 14.9 Å². The van der Waals surface area contributed by atoms with Crippen LogP contribution in [0.15, 0.2) is 50.6 Å². The van der Waals surface area contributed by atoms with E-state index in [1.807, 2.05) is 0 Å². The summed E-state index contributed by atoms with van der Waals surface area (Å²) >= 11 is 3.12. The number of hydrogen-bond donors (Lipinski definition) is 2. The molecule has 120 valence electrons. The third-order valence-corrected chi connectivity index (χ3v) is 3.20. The molecular weight excluding hydrogens is 366 g/mol. The second kappa shape index (κ2) is 7.59. The van der Waals surface area contributed by atoms with Crippen LogP contribution in [-0.4, -0.2) is 24.1 Å². The Labute approximate surface area is 140 Å². The van der Waals surface area contributed by atoms with E-state index < -0.39 is 11.8 Å². The highest BCUT2D eigenvalue weighted by molar-refractivity contribution is 9.10. The minimum Gasteiger partial charge on any atom is -0.483 e. The van der Waals surface area contributed by atoms with Gasteiger partial charge in [0.2, 0.25) is 0 Å². The second-order valence-electron chi connectivity index (χ2n) is 4.49. The van der Waals surface area contributed by atoms with Gasteiger partial charge in [-0.15, -0.1) is 0 Å². The van der Waals surface area contributed by atoms with Gasteiger partial charge in [0, 0.05) is 5.56 Å². The molecule has 0 atom stereocenters. The summed E-state index contributed by atoms with van der Waals surface area (Å²) in [7, 11) is 0. The Morgan fingerprint density at radius 3 is 2.70 bits per heavy atom. The lowest BCUT2D eigenvalue weighted by atomic mass is 10.1. The zero-order valence-corrected chi connectivity index (χ0v) is 13.8. The van der Waals surface area contributed by atoms with Crippen LogP contribution in [0.4, 0.5) is 0 Å². The minimum atomic E-state index is -0.578. The number of ether oxygens (including phenoxy) is 1. The summed E-state index contributed by atoms with van der Waals surface area (Å²) in [6.07, 6.45) is 0. The highest BCUT2D eigenvalue weighted by atomic mass is 79.9. The average Bonchev–Trinajstić information content (AvgIpc) is 2.97. The maximum atomic E-state index is 11.9. The molecule has 0 radical (unpaired) electrons. The fourth-order valence-electron chi connectivity index (χ4n) is 1.73. The monoisotopic (exact) mass is 379 g/mol. The molecule has 8 heteroatoms. The van der Waals surface area contributed by atoms with E-state index in [0.717, 1.165) is 0 Å². The van der Waals surface area contributed by atoms with Crippen LogP contribution in [0.1, 0.15) is 23.0 Å². The van der Waals surface area contributed by atoms with Crippen molar-refractivity contribution in [2.75, 3.05) is 6.61 Å². The van der Waals surface area contributed by atoms with E-state index in [2.05, 4.69) is 26.5 Å². The molecule has 0 spiro atoms. The van der Waals surface area contributed by atoms with Crippen molar-refractivity contribution in [3.05, 3.63) is 52.4 Å². The largest absolute Gasteiger partial charge is 0.483 e. The van der Waals surface area contributed by atoms with Gasteiger partial charge in [0.1, 0.15) is 5.75 Å². The van der Waals surface area contributed by atoms with E-state index in [-0.39, 0.29) is 12.4 Å². The first kappa shape index (κ1) is 16.8. The van der Waals surface area contributed by atoms with Gasteiger partial charge >= 0.3 is 5.91 Å². The van der Waals surface area contributed by atoms with Gasteiger partial charge in [0.05, 0.1) is 5.71 Å². The molecule has 3 N–H and O–H groups in total. The second-order valence-corrected chi connectivity index (χ2v) is 5.27. The molecule has 2 amide bonds. The van der Waals surface area contributed by atoms with Crippen molar-refractivity contribution < 1.29 is 18.7 Å². The smallest absolute Gasteiger partial charge is 0.307 e. The average molecular weight is 380 g/mol. The van der Waals surface area contributed by atoms with Crippen LogP contribution in [0.5, 0.6) is 5.75 Å². The zero-order valence-electron chi connectivity index (χ0n) is 12.2. The number of primary amides is 1. The topological polar surface area (TPSA) is 107 Å². The van der Waals surface area contributed by atoms with E-state index in [4.69, 9.17) is 14.9 Å². The van der Waals surface area contributed by atoms with Crippen molar-refractivity contribution in [1.82, 2.24) is 5.43 Å². The first-order valence-electron chi connectivity index (χ1n) is 6.58. The Kier molecular flexibility index (Phi) is 5.53. The van der Waals surface area contributed by atoms with Crippen molar-refractivity contribution in [3.8, 4) is 5.75 Å². The predicted octanol–water partition coefficient (Wildman–Crippen LogP) is 2.06. The fourth-order valence-corrected chi connectivity index (χ4v) is 2.03. The number of nitrogens with one attached hydrogen (secondary N) is 1. The Bertz CT molecular complexity index is 755. The van der Waals surface area contributed by atoms with E-state index >= 15 is 0 Å². The summed E-state index contributed by atoms with van der Waals surface area (Å²) in [4.78, 5) is 22.7. The van der Waals surface area contributed by atoms with Crippen molar-refractivity contribution >= 4 is 33.5 Å². The predicted molar refractivity (Wildman–Crippen MR) is 87.2 cm³/mol. The van der Waals surface area contributed by atoms with Crippen LogP contribution in [0, 0.1) is 0 Å². The first-order chi connectivity index (χ1) is 11.0. The summed E-state index contributed by atoms with van der Waals surface area (Å²) in [5.74, 6) is -0.481. The number of carbonyl (C=O) groups excluding carboxylic acids is 2. The number of rotatable bonds is 6. The van der Waals surface area contributed by atoms with Crippen LogP contribution < -0.4 is 15.9 Å². The van der Waals surface area contributed by atoms with E-state index in [1.165, 1.54) is 6.07 Å².